The molecule has 3 aromatic rings. The largest absolute Gasteiger partial charge is 0.364 e. The van der Waals surface area contributed by atoms with Crippen molar-refractivity contribution in [3.05, 3.63) is 54.0 Å². The number of hydrogen-bond donors (Lipinski definition) is 2. The molecule has 1 unspecified atom stereocenters. The number of nitrogens with zero attached hydrogens (tertiary/aromatic N) is 3. The first-order valence-electron chi connectivity index (χ1n) is 8.82. The van der Waals surface area contributed by atoms with Gasteiger partial charge in [-0.15, -0.1) is 0 Å². The number of aromatic amines is 1. The molecule has 1 aliphatic heterocycles. The molecule has 0 spiro atoms. The molecule has 1 aliphatic rings. The number of benzene rings is 1. The number of H-pyrrole nitrogens is 1. The Labute approximate surface area is 150 Å². The maximum atomic E-state index is 13.0. The van der Waals surface area contributed by atoms with E-state index in [-0.39, 0.29) is 17.6 Å². The number of primary amides is 1. The van der Waals surface area contributed by atoms with Crippen molar-refractivity contribution in [2.75, 3.05) is 6.54 Å². The van der Waals surface area contributed by atoms with Crippen molar-refractivity contribution in [3.8, 4) is 0 Å². The molecule has 2 amide bonds. The van der Waals surface area contributed by atoms with Gasteiger partial charge in [-0.3, -0.25) is 14.7 Å². The zero-order chi connectivity index (χ0) is 18.1. The Morgan fingerprint density at radius 3 is 2.88 bits per heavy atom. The van der Waals surface area contributed by atoms with E-state index in [2.05, 4.69) is 10.2 Å². The molecule has 0 saturated carbocycles. The van der Waals surface area contributed by atoms with Gasteiger partial charge in [0.2, 0.25) is 5.91 Å². The van der Waals surface area contributed by atoms with Crippen LogP contribution in [0.3, 0.4) is 0 Å². The van der Waals surface area contributed by atoms with E-state index < -0.39 is 5.91 Å². The van der Waals surface area contributed by atoms with Crippen molar-refractivity contribution in [3.63, 3.8) is 0 Å². The fourth-order valence-electron chi connectivity index (χ4n) is 3.70. The number of rotatable bonds is 4. The van der Waals surface area contributed by atoms with Gasteiger partial charge in [0, 0.05) is 18.3 Å². The van der Waals surface area contributed by atoms with Gasteiger partial charge in [-0.2, -0.15) is 5.10 Å². The molecule has 1 fully saturated rings. The summed E-state index contributed by atoms with van der Waals surface area (Å²) in [4.78, 5) is 26.2. The first-order chi connectivity index (χ1) is 12.6. The lowest BCUT2D eigenvalue weighted by Gasteiger charge is -2.35. The van der Waals surface area contributed by atoms with Crippen molar-refractivity contribution >= 4 is 22.7 Å². The topological polar surface area (TPSA) is 97.0 Å². The lowest BCUT2D eigenvalue weighted by Crippen LogP contribution is -2.40. The summed E-state index contributed by atoms with van der Waals surface area (Å²) < 4.78 is 1.98. The Balaban J connectivity index is 1.57. The average Bonchev–Trinajstić information content (AvgIpc) is 3.30. The third-order valence-electron chi connectivity index (χ3n) is 5.02. The van der Waals surface area contributed by atoms with E-state index in [1.807, 2.05) is 46.0 Å². The molecule has 2 aromatic heterocycles. The second-order valence-corrected chi connectivity index (χ2v) is 6.67. The first-order valence-corrected chi connectivity index (χ1v) is 8.82. The van der Waals surface area contributed by atoms with Crippen LogP contribution in [-0.4, -0.2) is 38.0 Å². The van der Waals surface area contributed by atoms with Gasteiger partial charge in [0.15, 0.2) is 0 Å². The Kier molecular flexibility index (Phi) is 4.20. The number of carbonyl (C=O) groups is 2. The summed E-state index contributed by atoms with van der Waals surface area (Å²) in [6.07, 6.45) is 4.80. The number of carbonyl (C=O) groups excluding carboxylic acids is 2. The molecule has 0 bridgehead atoms. The minimum atomic E-state index is -0.569. The summed E-state index contributed by atoms with van der Waals surface area (Å²) in [6.45, 7) is 0.994. The zero-order valence-electron chi connectivity index (χ0n) is 14.4. The normalized spacial score (nSPS) is 17.5. The van der Waals surface area contributed by atoms with Crippen molar-refractivity contribution in [2.45, 2.75) is 31.8 Å². The van der Waals surface area contributed by atoms with Gasteiger partial charge < -0.3 is 15.2 Å². The lowest BCUT2D eigenvalue weighted by atomic mass is 9.99. The Morgan fingerprint density at radius 2 is 2.08 bits per heavy atom. The highest BCUT2D eigenvalue weighted by atomic mass is 16.2. The zero-order valence-corrected chi connectivity index (χ0v) is 14.4. The monoisotopic (exact) mass is 351 g/mol. The number of nitrogens with one attached hydrogen (secondary N) is 1. The van der Waals surface area contributed by atoms with E-state index in [9.17, 15) is 9.59 Å². The average molecular weight is 351 g/mol. The van der Waals surface area contributed by atoms with Gasteiger partial charge in [-0.1, -0.05) is 18.2 Å². The van der Waals surface area contributed by atoms with Gasteiger partial charge in [0.25, 0.3) is 5.91 Å². The van der Waals surface area contributed by atoms with Gasteiger partial charge in [0.1, 0.15) is 12.2 Å². The fraction of sp³-hybridized carbons (Fsp3) is 0.316. The lowest BCUT2D eigenvalue weighted by molar-refractivity contribution is -0.135. The highest BCUT2D eigenvalue weighted by molar-refractivity contribution is 5.90. The van der Waals surface area contributed by atoms with E-state index in [0.717, 1.165) is 35.9 Å². The molecule has 26 heavy (non-hydrogen) atoms. The molecule has 7 heteroatoms. The summed E-state index contributed by atoms with van der Waals surface area (Å²) in [7, 11) is 0. The minimum Gasteiger partial charge on any atom is -0.364 e. The van der Waals surface area contributed by atoms with Crippen molar-refractivity contribution in [1.29, 1.82) is 0 Å². The van der Waals surface area contributed by atoms with Crippen LogP contribution < -0.4 is 5.73 Å². The van der Waals surface area contributed by atoms with Crippen LogP contribution >= 0.6 is 0 Å². The SMILES string of the molecule is NC(=O)c1cc(C2CCCCN2C(=O)Cn2ccc3ccccc32)[nH]n1. The summed E-state index contributed by atoms with van der Waals surface area (Å²) in [5.74, 6) is -0.508. The summed E-state index contributed by atoms with van der Waals surface area (Å²) >= 11 is 0. The Bertz CT molecular complexity index is 958. The van der Waals surface area contributed by atoms with E-state index in [0.29, 0.717) is 13.1 Å². The summed E-state index contributed by atoms with van der Waals surface area (Å²) in [5.41, 5.74) is 7.31. The van der Waals surface area contributed by atoms with Crippen LogP contribution in [0.25, 0.3) is 10.9 Å². The number of aromatic nitrogens is 3. The summed E-state index contributed by atoms with van der Waals surface area (Å²) in [6, 6.07) is 11.6. The van der Waals surface area contributed by atoms with E-state index in [1.165, 1.54) is 0 Å². The van der Waals surface area contributed by atoms with Gasteiger partial charge in [-0.25, -0.2) is 0 Å². The molecule has 0 radical (unpaired) electrons. The molecular formula is C19H21N5O2. The van der Waals surface area contributed by atoms with Crippen molar-refractivity contribution in [2.24, 2.45) is 5.73 Å². The quantitative estimate of drug-likeness (QED) is 0.754. The molecular weight excluding hydrogens is 330 g/mol. The molecule has 1 saturated heterocycles. The smallest absolute Gasteiger partial charge is 0.269 e. The van der Waals surface area contributed by atoms with Crippen LogP contribution in [0.4, 0.5) is 0 Å². The highest BCUT2D eigenvalue weighted by Crippen LogP contribution is 2.30. The third-order valence-corrected chi connectivity index (χ3v) is 5.02. The van der Waals surface area contributed by atoms with Gasteiger partial charge >= 0.3 is 0 Å². The van der Waals surface area contributed by atoms with Crippen molar-refractivity contribution < 1.29 is 9.59 Å². The summed E-state index contributed by atoms with van der Waals surface area (Å²) in [5, 5.41) is 7.96. The van der Waals surface area contributed by atoms with Gasteiger partial charge in [-0.05, 0) is 42.8 Å². The van der Waals surface area contributed by atoms with Crippen LogP contribution in [-0.2, 0) is 11.3 Å². The van der Waals surface area contributed by atoms with Crippen LogP contribution in [0, 0.1) is 0 Å². The fourth-order valence-corrected chi connectivity index (χ4v) is 3.70. The first kappa shape index (κ1) is 16.4. The molecule has 7 nitrogen and oxygen atoms in total. The molecule has 1 aromatic carbocycles. The van der Waals surface area contributed by atoms with E-state index in [4.69, 9.17) is 5.73 Å². The second-order valence-electron chi connectivity index (χ2n) is 6.67. The highest BCUT2D eigenvalue weighted by Gasteiger charge is 2.29. The number of amides is 2. The number of hydrogen-bond acceptors (Lipinski definition) is 3. The second kappa shape index (κ2) is 6.67. The number of likely N-dealkylation sites (tertiary alicyclic amines) is 1. The van der Waals surface area contributed by atoms with E-state index in [1.54, 1.807) is 6.07 Å². The van der Waals surface area contributed by atoms with Crippen LogP contribution in [0.2, 0.25) is 0 Å². The maximum absolute atomic E-state index is 13.0. The molecule has 4 rings (SSSR count). The molecule has 0 aliphatic carbocycles. The molecule has 3 heterocycles. The molecule has 3 N–H and O–H groups in total. The standard InChI is InChI=1S/C19H21N5O2/c20-19(26)15-11-14(21-22-15)17-7-3-4-9-24(17)18(25)12-23-10-8-13-5-1-2-6-16(13)23/h1-2,5-6,8,10-11,17H,3-4,7,9,12H2,(H2,20,26)(H,21,22). The Morgan fingerprint density at radius 1 is 1.23 bits per heavy atom. The minimum absolute atomic E-state index is 0.0614. The third kappa shape index (κ3) is 2.96. The number of nitrogens with two attached hydrogens (primary N) is 1. The van der Waals surface area contributed by atoms with Crippen LogP contribution in [0.15, 0.2) is 42.6 Å². The molecule has 1 atom stereocenters. The number of para-hydroxylation sites is 1. The predicted octanol–water partition coefficient (Wildman–Crippen LogP) is 2.22. The maximum Gasteiger partial charge on any atom is 0.269 e. The van der Waals surface area contributed by atoms with E-state index >= 15 is 0 Å². The Hall–Kier alpha value is -3.09. The van der Waals surface area contributed by atoms with Gasteiger partial charge in [0.05, 0.1) is 11.7 Å². The molecule has 134 valence electrons. The van der Waals surface area contributed by atoms with Crippen LogP contribution in [0.5, 0.6) is 0 Å². The predicted molar refractivity (Wildman–Crippen MR) is 97.3 cm³/mol. The number of fused-ring (bicyclic) bond motifs is 1. The van der Waals surface area contributed by atoms with Crippen molar-refractivity contribution in [1.82, 2.24) is 19.7 Å². The van der Waals surface area contributed by atoms with Crippen LogP contribution in [0.1, 0.15) is 41.5 Å². The number of piperidine rings is 1.